The van der Waals surface area contributed by atoms with Crippen molar-refractivity contribution in [2.45, 2.75) is 126 Å². The zero-order valence-electron chi connectivity index (χ0n) is 23.7. The van der Waals surface area contributed by atoms with Gasteiger partial charge in [-0.2, -0.15) is 0 Å². The number of epoxide rings is 2. The summed E-state index contributed by atoms with van der Waals surface area (Å²) in [5.41, 5.74) is -2.84. The minimum Gasteiger partial charge on any atom is -0.463 e. The quantitative estimate of drug-likeness (QED) is 0.236. The molecule has 4 aliphatic heterocycles. The predicted octanol–water partition coefficient (Wildman–Crippen LogP) is 0.944. The van der Waals surface area contributed by atoms with E-state index < -0.39 is 70.7 Å². The van der Waals surface area contributed by atoms with Crippen LogP contribution in [-0.2, 0) is 38.0 Å². The van der Waals surface area contributed by atoms with Crippen molar-refractivity contribution in [3.8, 4) is 0 Å². The van der Waals surface area contributed by atoms with Gasteiger partial charge in [-0.15, -0.1) is 0 Å². The third-order valence-corrected chi connectivity index (χ3v) is 10.9. The van der Waals surface area contributed by atoms with Crippen molar-refractivity contribution < 1.29 is 53.3 Å². The lowest BCUT2D eigenvalue weighted by atomic mass is 9.51. The second kappa shape index (κ2) is 9.72. The van der Waals surface area contributed by atoms with E-state index in [2.05, 4.69) is 0 Å². The van der Waals surface area contributed by atoms with E-state index >= 15 is 0 Å². The molecule has 3 N–H and O–H groups in total. The SMILES string of the molecule is CC1=CC2O[C@@H]3CC4OC(=O)CCCCC(C(C)O)OCC(O)C5(C)OC5C(=O)OCC2(C[C@H]1O)[C@]4(C)[C@@]31CO1. The maximum Gasteiger partial charge on any atom is 0.338 e. The number of rotatable bonds is 1. The van der Waals surface area contributed by atoms with Crippen LogP contribution >= 0.6 is 0 Å². The smallest absolute Gasteiger partial charge is 0.338 e. The number of fused-ring (bicyclic) bond motifs is 1. The van der Waals surface area contributed by atoms with E-state index in [0.29, 0.717) is 32.3 Å². The van der Waals surface area contributed by atoms with Gasteiger partial charge in [0.15, 0.2) is 6.10 Å². The molecule has 11 heteroatoms. The Morgan fingerprint density at radius 2 is 1.85 bits per heavy atom. The summed E-state index contributed by atoms with van der Waals surface area (Å²) in [7, 11) is 0. The van der Waals surface area contributed by atoms with Crippen LogP contribution < -0.4 is 0 Å². The molecule has 6 rings (SSSR count). The molecule has 2 bridgehead atoms. The second-order valence-corrected chi connectivity index (χ2v) is 13.1. The molecule has 12 atom stereocenters. The zero-order valence-corrected chi connectivity index (χ0v) is 23.7. The van der Waals surface area contributed by atoms with Crippen LogP contribution in [0.2, 0.25) is 0 Å². The Morgan fingerprint density at radius 1 is 1.10 bits per heavy atom. The van der Waals surface area contributed by atoms with Gasteiger partial charge in [0.05, 0.1) is 49.1 Å². The van der Waals surface area contributed by atoms with Crippen LogP contribution in [0.15, 0.2) is 11.6 Å². The van der Waals surface area contributed by atoms with Crippen molar-refractivity contribution in [2.24, 2.45) is 10.8 Å². The van der Waals surface area contributed by atoms with Gasteiger partial charge < -0.3 is 43.7 Å². The normalized spacial score (nSPS) is 51.8. The molecule has 40 heavy (non-hydrogen) atoms. The first-order valence-corrected chi connectivity index (χ1v) is 14.6. The molecule has 1 saturated carbocycles. The Labute approximate surface area is 234 Å². The molecule has 2 spiro atoms. The maximum atomic E-state index is 13.3. The maximum absolute atomic E-state index is 13.3. The molecule has 4 heterocycles. The number of carbonyl (C=O) groups excluding carboxylic acids is 2. The number of ether oxygens (including phenoxy) is 6. The van der Waals surface area contributed by atoms with E-state index in [9.17, 15) is 24.9 Å². The number of carbonyl (C=O) groups is 2. The Balaban J connectivity index is 1.33. The van der Waals surface area contributed by atoms with Gasteiger partial charge in [-0.1, -0.05) is 19.4 Å². The molecule has 0 aromatic carbocycles. The Hall–Kier alpha value is -1.60. The molecule has 4 saturated heterocycles. The third kappa shape index (κ3) is 4.11. The van der Waals surface area contributed by atoms with E-state index in [1.54, 1.807) is 13.8 Å². The van der Waals surface area contributed by atoms with Crippen LogP contribution in [-0.4, -0.2) is 107 Å². The number of hydrogen-bond acceptors (Lipinski definition) is 11. The summed E-state index contributed by atoms with van der Waals surface area (Å²) in [5, 5.41) is 32.1. The van der Waals surface area contributed by atoms with E-state index in [1.807, 2.05) is 19.9 Å². The number of cyclic esters (lactones) is 1. The lowest BCUT2D eigenvalue weighted by Crippen LogP contribution is -2.68. The summed E-state index contributed by atoms with van der Waals surface area (Å²) in [5.74, 6) is -0.971. The largest absolute Gasteiger partial charge is 0.463 e. The van der Waals surface area contributed by atoms with Gasteiger partial charge >= 0.3 is 11.9 Å². The fourth-order valence-electron chi connectivity index (χ4n) is 7.85. The number of hydrogen-bond donors (Lipinski definition) is 3. The van der Waals surface area contributed by atoms with Crippen molar-refractivity contribution in [3.63, 3.8) is 0 Å². The Kier molecular flexibility index (Phi) is 6.93. The first-order valence-electron chi connectivity index (χ1n) is 14.6. The minimum absolute atomic E-state index is 0.105. The van der Waals surface area contributed by atoms with Crippen LogP contribution in [0.4, 0.5) is 0 Å². The summed E-state index contributed by atoms with van der Waals surface area (Å²) < 4.78 is 36.3. The van der Waals surface area contributed by atoms with Crippen molar-refractivity contribution in [1.82, 2.24) is 0 Å². The van der Waals surface area contributed by atoms with Gasteiger partial charge in [-0.05, 0) is 45.6 Å². The summed E-state index contributed by atoms with van der Waals surface area (Å²) in [6.07, 6.45) is -1.12. The van der Waals surface area contributed by atoms with Crippen LogP contribution in [0.1, 0.15) is 66.2 Å². The minimum atomic E-state index is -1.18. The fourth-order valence-corrected chi connectivity index (χ4v) is 7.85. The zero-order chi connectivity index (χ0) is 28.7. The predicted molar refractivity (Wildman–Crippen MR) is 137 cm³/mol. The molecule has 0 aromatic rings. The highest BCUT2D eigenvalue weighted by molar-refractivity contribution is 5.79. The standard InChI is InChI=1S/C29H42O11/c1-15-9-21-28(11-17(15)31)13-36-25(34)24-26(3,40-24)19(32)12-35-18(16(2)30)7-5-6-8-23(33)39-20-10-22(38-21)29(14-37-29)27(20,28)4/h9,16-22,24,30-32H,5-8,10-14H2,1-4H3/t16?,17-,18?,19?,20?,21?,22-,24?,26?,27-,28?,29-/m1/s1. The molecule has 0 amide bonds. The highest BCUT2D eigenvalue weighted by Crippen LogP contribution is 2.72. The summed E-state index contributed by atoms with van der Waals surface area (Å²) in [6.45, 7) is 7.32. The molecule has 6 aliphatic rings. The van der Waals surface area contributed by atoms with Crippen LogP contribution in [0.25, 0.3) is 0 Å². The molecule has 5 fully saturated rings. The average molecular weight is 567 g/mol. The highest BCUT2D eigenvalue weighted by Gasteiger charge is 2.83. The van der Waals surface area contributed by atoms with Crippen molar-refractivity contribution in [1.29, 1.82) is 0 Å². The number of esters is 2. The van der Waals surface area contributed by atoms with E-state index in [4.69, 9.17) is 28.4 Å². The Bertz CT molecular complexity index is 1070. The molecule has 0 radical (unpaired) electrons. The van der Waals surface area contributed by atoms with Crippen LogP contribution in [0.5, 0.6) is 0 Å². The summed E-state index contributed by atoms with van der Waals surface area (Å²) >= 11 is 0. The first-order chi connectivity index (χ1) is 18.9. The number of aliphatic hydroxyl groups is 3. The molecule has 0 aromatic heterocycles. The van der Waals surface area contributed by atoms with E-state index in [0.717, 1.165) is 5.57 Å². The molecule has 11 nitrogen and oxygen atoms in total. The fraction of sp³-hybridized carbons (Fsp3) is 0.862. The van der Waals surface area contributed by atoms with Gasteiger partial charge in [0.1, 0.15) is 30.0 Å². The third-order valence-electron chi connectivity index (χ3n) is 10.9. The van der Waals surface area contributed by atoms with Crippen molar-refractivity contribution >= 4 is 11.9 Å². The van der Waals surface area contributed by atoms with Gasteiger partial charge in [0.2, 0.25) is 0 Å². The van der Waals surface area contributed by atoms with Gasteiger partial charge in [-0.25, -0.2) is 4.79 Å². The van der Waals surface area contributed by atoms with Crippen LogP contribution in [0.3, 0.4) is 0 Å². The van der Waals surface area contributed by atoms with Gasteiger partial charge in [0.25, 0.3) is 0 Å². The highest BCUT2D eigenvalue weighted by atomic mass is 16.7. The topological polar surface area (TPSA) is 157 Å². The molecular weight excluding hydrogens is 524 g/mol. The van der Waals surface area contributed by atoms with Crippen molar-refractivity contribution in [3.05, 3.63) is 11.6 Å². The lowest BCUT2D eigenvalue weighted by Gasteiger charge is -2.58. The molecule has 8 unspecified atom stereocenters. The molecule has 224 valence electrons. The van der Waals surface area contributed by atoms with E-state index in [1.165, 1.54) is 0 Å². The molecular formula is C29H42O11. The van der Waals surface area contributed by atoms with Crippen LogP contribution in [0, 0.1) is 10.8 Å². The summed E-state index contributed by atoms with van der Waals surface area (Å²) in [6, 6.07) is 0. The number of aliphatic hydroxyl groups excluding tert-OH is 3. The monoisotopic (exact) mass is 566 g/mol. The second-order valence-electron chi connectivity index (χ2n) is 13.1. The van der Waals surface area contributed by atoms with E-state index in [-0.39, 0.29) is 38.1 Å². The summed E-state index contributed by atoms with van der Waals surface area (Å²) in [4.78, 5) is 26.4. The Morgan fingerprint density at radius 3 is 2.55 bits per heavy atom. The van der Waals surface area contributed by atoms with Gasteiger partial charge in [-0.3, -0.25) is 4.79 Å². The average Bonchev–Trinajstić information content (AvgIpc) is 3.81. The lowest BCUT2D eigenvalue weighted by molar-refractivity contribution is -0.240. The molecule has 2 aliphatic carbocycles. The first kappa shape index (κ1) is 28.5. The van der Waals surface area contributed by atoms with Crippen molar-refractivity contribution in [2.75, 3.05) is 19.8 Å². The van der Waals surface area contributed by atoms with Gasteiger partial charge in [0, 0.05) is 18.3 Å².